The quantitative estimate of drug-likeness (QED) is 0.386. The summed E-state index contributed by atoms with van der Waals surface area (Å²) in [5, 5.41) is 2.78. The Hall–Kier alpha value is -2.88. The van der Waals surface area contributed by atoms with Crippen LogP contribution in [0.25, 0.3) is 6.08 Å². The van der Waals surface area contributed by atoms with E-state index in [1.165, 1.54) is 11.6 Å². The van der Waals surface area contributed by atoms with Gasteiger partial charge in [0.05, 0.1) is 12.2 Å². The summed E-state index contributed by atoms with van der Waals surface area (Å²) >= 11 is 0. The van der Waals surface area contributed by atoms with Gasteiger partial charge in [-0.2, -0.15) is 0 Å². The van der Waals surface area contributed by atoms with Crippen molar-refractivity contribution in [1.29, 1.82) is 0 Å². The predicted octanol–water partition coefficient (Wildman–Crippen LogP) is 5.42. The second-order valence-corrected chi connectivity index (χ2v) is 6.71. The lowest BCUT2D eigenvalue weighted by Gasteiger charge is -2.06. The number of hydrogen-bond acceptors (Lipinski definition) is 3. The highest BCUT2D eigenvalue weighted by Crippen LogP contribution is 2.15. The number of nitrogens with one attached hydrogen (secondary N) is 1. The number of hydrogen-bond donors (Lipinski definition) is 1. The van der Waals surface area contributed by atoms with E-state index >= 15 is 0 Å². The van der Waals surface area contributed by atoms with Crippen molar-refractivity contribution in [1.82, 2.24) is 0 Å². The van der Waals surface area contributed by atoms with Gasteiger partial charge in [0.1, 0.15) is 0 Å². The number of anilines is 1. The number of ether oxygens (including phenoxy) is 1. The minimum Gasteiger partial charge on any atom is -0.462 e. The number of benzene rings is 2. The van der Waals surface area contributed by atoms with Gasteiger partial charge in [0.15, 0.2) is 0 Å². The van der Waals surface area contributed by atoms with E-state index in [0.29, 0.717) is 23.8 Å². The molecule has 4 nitrogen and oxygen atoms in total. The van der Waals surface area contributed by atoms with Crippen LogP contribution in [0, 0.1) is 0 Å². The van der Waals surface area contributed by atoms with Crippen molar-refractivity contribution in [3.63, 3.8) is 0 Å². The van der Waals surface area contributed by atoms with Crippen LogP contribution < -0.4 is 5.32 Å². The van der Waals surface area contributed by atoms with Crippen LogP contribution in [0.15, 0.2) is 54.6 Å². The third-order valence-corrected chi connectivity index (χ3v) is 4.15. The molecule has 0 bridgehead atoms. The maximum Gasteiger partial charge on any atom is 0.338 e. The standard InChI is InChI=1S/C23H27NO3/c1-4-5-16-27-23(26)20-11-13-21(14-12-20)24-22(25)15-8-18-6-9-19(10-7-18)17(2)3/h6-15,17H,4-5,16H2,1-3H3,(H,24,25)/b15-8+. The molecule has 27 heavy (non-hydrogen) atoms. The molecule has 0 saturated carbocycles. The highest BCUT2D eigenvalue weighted by molar-refractivity contribution is 6.02. The van der Waals surface area contributed by atoms with Crippen LogP contribution in [-0.2, 0) is 9.53 Å². The first-order chi connectivity index (χ1) is 13.0. The molecule has 1 N–H and O–H groups in total. The van der Waals surface area contributed by atoms with Gasteiger partial charge in [0.25, 0.3) is 0 Å². The number of unbranched alkanes of at least 4 members (excludes halogenated alkanes) is 1. The number of amides is 1. The molecular formula is C23H27NO3. The third kappa shape index (κ3) is 6.74. The fourth-order valence-corrected chi connectivity index (χ4v) is 2.43. The van der Waals surface area contributed by atoms with E-state index in [1.807, 2.05) is 19.1 Å². The number of esters is 1. The summed E-state index contributed by atoms with van der Waals surface area (Å²) in [6.07, 6.45) is 5.11. The Kier molecular flexibility index (Phi) is 7.80. The first-order valence-corrected chi connectivity index (χ1v) is 9.35. The Labute approximate surface area is 161 Å². The lowest BCUT2D eigenvalue weighted by atomic mass is 10.0. The highest BCUT2D eigenvalue weighted by atomic mass is 16.5. The topological polar surface area (TPSA) is 55.4 Å². The Bertz CT molecular complexity index is 774. The molecule has 0 saturated heterocycles. The van der Waals surface area contributed by atoms with E-state index in [4.69, 9.17) is 4.74 Å². The van der Waals surface area contributed by atoms with Crippen LogP contribution in [0.3, 0.4) is 0 Å². The summed E-state index contributed by atoms with van der Waals surface area (Å²) in [7, 11) is 0. The Morgan fingerprint density at radius 3 is 2.30 bits per heavy atom. The Balaban J connectivity index is 1.88. The van der Waals surface area contributed by atoms with Gasteiger partial charge < -0.3 is 10.1 Å². The summed E-state index contributed by atoms with van der Waals surface area (Å²) in [5.41, 5.74) is 3.35. The number of carbonyl (C=O) groups is 2. The second-order valence-electron chi connectivity index (χ2n) is 6.71. The molecule has 0 atom stereocenters. The van der Waals surface area contributed by atoms with E-state index < -0.39 is 0 Å². The van der Waals surface area contributed by atoms with Crippen LogP contribution in [0.2, 0.25) is 0 Å². The Morgan fingerprint density at radius 1 is 1.04 bits per heavy atom. The number of carbonyl (C=O) groups excluding carboxylic acids is 2. The fourth-order valence-electron chi connectivity index (χ4n) is 2.43. The zero-order valence-electron chi connectivity index (χ0n) is 16.2. The van der Waals surface area contributed by atoms with Crippen LogP contribution in [0.4, 0.5) is 5.69 Å². The molecule has 0 spiro atoms. The molecule has 2 aromatic rings. The van der Waals surface area contributed by atoms with Crippen molar-refractivity contribution in [3.05, 3.63) is 71.3 Å². The molecule has 0 aliphatic rings. The lowest BCUT2D eigenvalue weighted by molar-refractivity contribution is -0.111. The van der Waals surface area contributed by atoms with Gasteiger partial charge >= 0.3 is 5.97 Å². The largest absolute Gasteiger partial charge is 0.462 e. The summed E-state index contributed by atoms with van der Waals surface area (Å²) in [6, 6.07) is 14.8. The van der Waals surface area contributed by atoms with Crippen molar-refractivity contribution in [2.75, 3.05) is 11.9 Å². The van der Waals surface area contributed by atoms with Gasteiger partial charge in [-0.25, -0.2) is 4.79 Å². The molecule has 0 radical (unpaired) electrons. The highest BCUT2D eigenvalue weighted by Gasteiger charge is 2.07. The predicted molar refractivity (Wildman–Crippen MR) is 110 cm³/mol. The maximum absolute atomic E-state index is 12.1. The molecule has 0 unspecified atom stereocenters. The lowest BCUT2D eigenvalue weighted by Crippen LogP contribution is -2.09. The average molecular weight is 365 g/mol. The van der Waals surface area contributed by atoms with Crippen molar-refractivity contribution in [2.24, 2.45) is 0 Å². The maximum atomic E-state index is 12.1. The van der Waals surface area contributed by atoms with Crippen molar-refractivity contribution < 1.29 is 14.3 Å². The van der Waals surface area contributed by atoms with Crippen LogP contribution in [0.1, 0.15) is 61.0 Å². The molecule has 0 aromatic heterocycles. The minimum absolute atomic E-state index is 0.221. The molecular weight excluding hydrogens is 338 g/mol. The van der Waals surface area contributed by atoms with Gasteiger partial charge in [-0.1, -0.05) is 51.5 Å². The van der Waals surface area contributed by atoms with Gasteiger partial charge in [0, 0.05) is 11.8 Å². The second kappa shape index (κ2) is 10.3. The van der Waals surface area contributed by atoms with Crippen LogP contribution >= 0.6 is 0 Å². The molecule has 2 aromatic carbocycles. The van der Waals surface area contributed by atoms with E-state index in [2.05, 4.69) is 31.3 Å². The molecule has 142 valence electrons. The van der Waals surface area contributed by atoms with E-state index in [9.17, 15) is 9.59 Å². The number of rotatable bonds is 8. The van der Waals surface area contributed by atoms with E-state index in [0.717, 1.165) is 18.4 Å². The zero-order valence-corrected chi connectivity index (χ0v) is 16.2. The van der Waals surface area contributed by atoms with E-state index in [1.54, 1.807) is 30.3 Å². The van der Waals surface area contributed by atoms with Crippen molar-refractivity contribution in [3.8, 4) is 0 Å². The monoisotopic (exact) mass is 365 g/mol. The third-order valence-electron chi connectivity index (χ3n) is 4.15. The summed E-state index contributed by atoms with van der Waals surface area (Å²) < 4.78 is 5.16. The zero-order chi connectivity index (χ0) is 19.6. The average Bonchev–Trinajstić information content (AvgIpc) is 2.67. The van der Waals surface area contributed by atoms with Gasteiger partial charge in [-0.05, 0) is 53.8 Å². The summed E-state index contributed by atoms with van der Waals surface area (Å²) in [4.78, 5) is 23.9. The smallest absolute Gasteiger partial charge is 0.338 e. The fraction of sp³-hybridized carbons (Fsp3) is 0.304. The normalized spacial score (nSPS) is 11.0. The molecule has 4 heteroatoms. The van der Waals surface area contributed by atoms with Crippen molar-refractivity contribution >= 4 is 23.6 Å². The first-order valence-electron chi connectivity index (χ1n) is 9.35. The minimum atomic E-state index is -0.342. The van der Waals surface area contributed by atoms with Crippen LogP contribution in [-0.4, -0.2) is 18.5 Å². The molecule has 0 fully saturated rings. The SMILES string of the molecule is CCCCOC(=O)c1ccc(NC(=O)/C=C/c2ccc(C(C)C)cc2)cc1. The molecule has 1 amide bonds. The van der Waals surface area contributed by atoms with Crippen molar-refractivity contribution in [2.45, 2.75) is 39.5 Å². The molecule has 0 aliphatic heterocycles. The summed E-state index contributed by atoms with van der Waals surface area (Å²) in [6.45, 7) is 6.76. The molecule has 2 rings (SSSR count). The van der Waals surface area contributed by atoms with Gasteiger partial charge in [-0.3, -0.25) is 4.79 Å². The molecule has 0 heterocycles. The molecule has 0 aliphatic carbocycles. The van der Waals surface area contributed by atoms with Gasteiger partial charge in [-0.15, -0.1) is 0 Å². The summed E-state index contributed by atoms with van der Waals surface area (Å²) in [5.74, 6) is -0.0782. The van der Waals surface area contributed by atoms with Crippen LogP contribution in [0.5, 0.6) is 0 Å². The first kappa shape index (κ1) is 20.4. The van der Waals surface area contributed by atoms with Gasteiger partial charge in [0.2, 0.25) is 5.91 Å². The Morgan fingerprint density at radius 2 is 1.70 bits per heavy atom. The van der Waals surface area contributed by atoms with E-state index in [-0.39, 0.29) is 11.9 Å².